The molecule has 0 unspecified atom stereocenters. The summed E-state index contributed by atoms with van der Waals surface area (Å²) in [4.78, 5) is 43.8. The minimum Gasteiger partial charge on any atom is -0.355 e. The van der Waals surface area contributed by atoms with E-state index < -0.39 is 6.04 Å². The number of rotatable bonds is 5. The molecule has 4 aliphatic rings. The van der Waals surface area contributed by atoms with Gasteiger partial charge in [0.05, 0.1) is 24.2 Å². The van der Waals surface area contributed by atoms with Crippen molar-refractivity contribution in [1.29, 1.82) is 5.26 Å². The Morgan fingerprint density at radius 3 is 2.85 bits per heavy atom. The predicted molar refractivity (Wildman–Crippen MR) is 120 cm³/mol. The van der Waals surface area contributed by atoms with Crippen LogP contribution in [0.5, 0.6) is 0 Å². The Hall–Kier alpha value is -2.96. The number of amides is 3. The van der Waals surface area contributed by atoms with E-state index in [1.807, 2.05) is 28.0 Å². The Labute approximate surface area is 193 Å². The molecule has 3 heterocycles. The van der Waals surface area contributed by atoms with Crippen LogP contribution in [0.25, 0.3) is 0 Å². The number of hydrogen-bond donors (Lipinski definition) is 2. The van der Waals surface area contributed by atoms with E-state index in [0.717, 1.165) is 36.8 Å². The molecule has 9 heteroatoms. The molecule has 2 bridgehead atoms. The molecule has 33 heavy (non-hydrogen) atoms. The number of carbonyl (C=O) groups excluding carboxylic acids is 3. The van der Waals surface area contributed by atoms with Crippen molar-refractivity contribution in [2.24, 2.45) is 5.73 Å². The van der Waals surface area contributed by atoms with Crippen LogP contribution >= 0.6 is 0 Å². The fraction of sp³-hybridized carbons (Fsp3) is 0.583. The molecule has 174 valence electrons. The second kappa shape index (κ2) is 8.43. The van der Waals surface area contributed by atoms with Gasteiger partial charge < -0.3 is 20.9 Å². The molecule has 1 aromatic carbocycles. The summed E-state index contributed by atoms with van der Waals surface area (Å²) in [5, 5.41) is 11.9. The maximum absolute atomic E-state index is 13.3. The van der Waals surface area contributed by atoms with Gasteiger partial charge in [-0.2, -0.15) is 5.26 Å². The first kappa shape index (κ1) is 21.9. The monoisotopic (exact) mass is 450 g/mol. The van der Waals surface area contributed by atoms with Gasteiger partial charge in [0.15, 0.2) is 0 Å². The molecular formula is C24H30N6O3. The first-order valence-electron chi connectivity index (χ1n) is 11.8. The van der Waals surface area contributed by atoms with Crippen molar-refractivity contribution >= 4 is 17.7 Å². The van der Waals surface area contributed by atoms with E-state index in [0.29, 0.717) is 31.6 Å². The molecule has 0 spiro atoms. The molecule has 3 N–H and O–H groups in total. The lowest BCUT2D eigenvalue weighted by Gasteiger charge is -2.38. The Morgan fingerprint density at radius 1 is 1.30 bits per heavy atom. The third-order valence-electron chi connectivity index (χ3n) is 7.76. The standard InChI is InChI=1S/C24H30N6O3/c1-27-22(31)15-4-6-18-14(9-15)5-7-20(18)30-17-10-21(24(30)33)28(12-17)13-19(26)23(32)29-8-2-3-16(29)11-25/h4,6,9,16-17,19-21H,2-3,5,7-8,10,12-13,26H2,1H3,(H,27,31)/t16-,17+,19-,20+,21+/m0/s1. The largest absolute Gasteiger partial charge is 0.355 e. The second-order valence-corrected chi connectivity index (χ2v) is 9.58. The number of aryl methyl sites for hydroxylation is 1. The first-order valence-corrected chi connectivity index (χ1v) is 11.8. The molecular weight excluding hydrogens is 420 g/mol. The minimum atomic E-state index is -0.727. The Bertz CT molecular complexity index is 1040. The SMILES string of the molecule is CNC(=O)c1ccc2c(c1)CC[C@H]2N1C(=O)[C@H]2C[C@@H]1CN2C[C@H](N)C(=O)N1CCC[C@H]1C#N. The fourth-order valence-corrected chi connectivity index (χ4v) is 6.18. The summed E-state index contributed by atoms with van der Waals surface area (Å²) in [6.45, 7) is 1.62. The van der Waals surface area contributed by atoms with Gasteiger partial charge in [0.1, 0.15) is 6.04 Å². The average Bonchev–Trinajstić information content (AvgIpc) is 3.60. The number of nitrogens with two attached hydrogens (primary N) is 1. The summed E-state index contributed by atoms with van der Waals surface area (Å²) in [6, 6.07) is 6.75. The fourth-order valence-electron chi connectivity index (χ4n) is 6.18. The van der Waals surface area contributed by atoms with Gasteiger partial charge in [-0.1, -0.05) is 6.07 Å². The summed E-state index contributed by atoms with van der Waals surface area (Å²) in [6.07, 6.45) is 4.00. The molecule has 1 aliphatic carbocycles. The first-order chi connectivity index (χ1) is 15.9. The lowest BCUT2D eigenvalue weighted by molar-refractivity contribution is -0.141. The van der Waals surface area contributed by atoms with E-state index in [1.165, 1.54) is 0 Å². The summed E-state index contributed by atoms with van der Waals surface area (Å²) >= 11 is 0. The highest BCUT2D eigenvalue weighted by Gasteiger charge is 2.53. The molecule has 9 nitrogen and oxygen atoms in total. The van der Waals surface area contributed by atoms with Crippen molar-refractivity contribution in [3.63, 3.8) is 0 Å². The van der Waals surface area contributed by atoms with E-state index in [-0.39, 0.29) is 41.9 Å². The van der Waals surface area contributed by atoms with E-state index in [1.54, 1.807) is 11.9 Å². The number of nitrogens with zero attached hydrogens (tertiary/aromatic N) is 4. The Balaban J connectivity index is 1.25. The summed E-state index contributed by atoms with van der Waals surface area (Å²) < 4.78 is 0. The number of benzene rings is 1. The van der Waals surface area contributed by atoms with Gasteiger partial charge in [-0.15, -0.1) is 0 Å². The Kier molecular flexibility index (Phi) is 5.59. The number of piperazine rings is 1. The van der Waals surface area contributed by atoms with Crippen LogP contribution in [-0.2, 0) is 16.0 Å². The van der Waals surface area contributed by atoms with Crippen LogP contribution in [0.2, 0.25) is 0 Å². The number of hydrogen-bond acceptors (Lipinski definition) is 6. The third kappa shape index (κ3) is 3.58. The van der Waals surface area contributed by atoms with Crippen LogP contribution in [0.15, 0.2) is 18.2 Å². The molecule has 5 atom stereocenters. The van der Waals surface area contributed by atoms with Gasteiger partial charge in [-0.25, -0.2) is 0 Å². The highest BCUT2D eigenvalue weighted by Crippen LogP contribution is 2.44. The number of carbonyl (C=O) groups is 3. The number of nitriles is 1. The van der Waals surface area contributed by atoms with Gasteiger partial charge in [0, 0.05) is 38.3 Å². The van der Waals surface area contributed by atoms with Crippen molar-refractivity contribution in [2.75, 3.05) is 26.7 Å². The Morgan fingerprint density at radius 2 is 2.12 bits per heavy atom. The predicted octanol–water partition coefficient (Wildman–Crippen LogP) is 0.160. The quantitative estimate of drug-likeness (QED) is 0.659. The van der Waals surface area contributed by atoms with Crippen molar-refractivity contribution < 1.29 is 14.4 Å². The lowest BCUT2D eigenvalue weighted by atomic mass is 10.0. The second-order valence-electron chi connectivity index (χ2n) is 9.58. The van der Waals surface area contributed by atoms with E-state index in [4.69, 9.17) is 5.73 Å². The number of likely N-dealkylation sites (tertiary alicyclic amines) is 3. The molecule has 3 amide bonds. The summed E-state index contributed by atoms with van der Waals surface area (Å²) in [5.74, 6) is -0.188. The molecule has 0 saturated carbocycles. The van der Waals surface area contributed by atoms with Gasteiger partial charge in [0.25, 0.3) is 5.91 Å². The average molecular weight is 451 g/mol. The van der Waals surface area contributed by atoms with Gasteiger partial charge in [-0.05, 0) is 55.4 Å². The smallest absolute Gasteiger partial charge is 0.251 e. The van der Waals surface area contributed by atoms with Crippen LogP contribution < -0.4 is 11.1 Å². The highest BCUT2D eigenvalue weighted by molar-refractivity contribution is 5.94. The molecule has 3 fully saturated rings. The lowest BCUT2D eigenvalue weighted by Crippen LogP contribution is -2.56. The van der Waals surface area contributed by atoms with Crippen molar-refractivity contribution in [1.82, 2.24) is 20.0 Å². The maximum Gasteiger partial charge on any atom is 0.251 e. The van der Waals surface area contributed by atoms with Crippen LogP contribution in [-0.4, -0.2) is 83.3 Å². The van der Waals surface area contributed by atoms with Gasteiger partial charge in [0.2, 0.25) is 11.8 Å². The van der Waals surface area contributed by atoms with Crippen LogP contribution in [0.3, 0.4) is 0 Å². The zero-order valence-corrected chi connectivity index (χ0v) is 18.9. The summed E-state index contributed by atoms with van der Waals surface area (Å²) in [7, 11) is 1.62. The van der Waals surface area contributed by atoms with Gasteiger partial charge in [-0.3, -0.25) is 19.3 Å². The number of nitrogens with one attached hydrogen (secondary N) is 1. The maximum atomic E-state index is 13.3. The molecule has 1 aromatic rings. The van der Waals surface area contributed by atoms with E-state index >= 15 is 0 Å². The summed E-state index contributed by atoms with van der Waals surface area (Å²) in [5.41, 5.74) is 9.16. The molecule has 3 saturated heterocycles. The van der Waals surface area contributed by atoms with Crippen molar-refractivity contribution in [3.8, 4) is 6.07 Å². The molecule has 5 rings (SSSR count). The number of fused-ring (bicyclic) bond motifs is 3. The molecule has 0 radical (unpaired) electrons. The van der Waals surface area contributed by atoms with Crippen LogP contribution in [0.4, 0.5) is 0 Å². The van der Waals surface area contributed by atoms with E-state index in [9.17, 15) is 19.6 Å². The van der Waals surface area contributed by atoms with Crippen molar-refractivity contribution in [3.05, 3.63) is 34.9 Å². The van der Waals surface area contributed by atoms with Crippen LogP contribution in [0.1, 0.15) is 53.2 Å². The minimum absolute atomic E-state index is 0.0414. The van der Waals surface area contributed by atoms with Crippen molar-refractivity contribution in [2.45, 2.75) is 62.3 Å². The molecule has 0 aromatic heterocycles. The van der Waals surface area contributed by atoms with E-state index in [2.05, 4.69) is 11.4 Å². The van der Waals surface area contributed by atoms with Gasteiger partial charge >= 0.3 is 0 Å². The molecule has 3 aliphatic heterocycles. The third-order valence-corrected chi connectivity index (χ3v) is 7.76. The highest BCUT2D eigenvalue weighted by atomic mass is 16.2. The van der Waals surface area contributed by atoms with Crippen LogP contribution in [0, 0.1) is 11.3 Å². The topological polar surface area (TPSA) is 123 Å². The normalized spacial score (nSPS) is 29.3. The zero-order chi connectivity index (χ0) is 23.3. The zero-order valence-electron chi connectivity index (χ0n) is 18.9.